The molecule has 0 atom stereocenters. The van der Waals surface area contributed by atoms with Crippen molar-refractivity contribution in [2.75, 3.05) is 19.6 Å². The van der Waals surface area contributed by atoms with E-state index in [1.165, 1.54) is 33.3 Å². The third-order valence-corrected chi connectivity index (χ3v) is 8.12. The van der Waals surface area contributed by atoms with Gasteiger partial charge in [-0.1, -0.05) is 6.42 Å². The fraction of sp³-hybridized carbons (Fsp3) is 0.435. The Morgan fingerprint density at radius 2 is 1.82 bits per heavy atom. The van der Waals surface area contributed by atoms with Crippen LogP contribution in [0.2, 0.25) is 0 Å². The first-order valence-electron chi connectivity index (χ1n) is 11.6. The van der Waals surface area contributed by atoms with Crippen LogP contribution in [0.5, 0.6) is 0 Å². The lowest BCUT2D eigenvalue weighted by atomic mass is 10.2. The number of aromatic nitrogens is 3. The van der Waals surface area contributed by atoms with E-state index in [-0.39, 0.29) is 35.6 Å². The molecule has 0 radical (unpaired) electrons. The Bertz CT molecular complexity index is 1310. The van der Waals surface area contributed by atoms with E-state index in [1.54, 1.807) is 23.0 Å². The Balaban J connectivity index is 1.22. The van der Waals surface area contributed by atoms with Crippen molar-refractivity contribution in [1.29, 1.82) is 0 Å². The lowest BCUT2D eigenvalue weighted by molar-refractivity contribution is 0.0951. The quantitative estimate of drug-likeness (QED) is 0.523. The summed E-state index contributed by atoms with van der Waals surface area (Å²) in [7, 11) is -3.54. The summed E-state index contributed by atoms with van der Waals surface area (Å²) in [6, 6.07) is 9.61. The molecule has 2 aromatic heterocycles. The van der Waals surface area contributed by atoms with Crippen LogP contribution in [0.25, 0.3) is 11.6 Å². The molecule has 10 nitrogen and oxygen atoms in total. The van der Waals surface area contributed by atoms with Crippen molar-refractivity contribution in [2.45, 2.75) is 49.6 Å². The number of furan rings is 1. The van der Waals surface area contributed by atoms with Crippen LogP contribution in [0.1, 0.15) is 48.5 Å². The van der Waals surface area contributed by atoms with Gasteiger partial charge in [0.2, 0.25) is 15.8 Å². The van der Waals surface area contributed by atoms with E-state index < -0.39 is 10.0 Å². The summed E-state index contributed by atoms with van der Waals surface area (Å²) in [5.74, 6) is 0.684. The number of nitrogens with one attached hydrogen (secondary N) is 1. The van der Waals surface area contributed by atoms with E-state index in [4.69, 9.17) is 4.42 Å². The van der Waals surface area contributed by atoms with Crippen LogP contribution in [0.4, 0.5) is 0 Å². The van der Waals surface area contributed by atoms with Crippen LogP contribution < -0.4 is 11.0 Å². The molecule has 1 amide bonds. The van der Waals surface area contributed by atoms with Gasteiger partial charge in [0.15, 0.2) is 5.76 Å². The highest BCUT2D eigenvalue weighted by atomic mass is 32.2. The number of hydrogen-bond acceptors (Lipinski definition) is 6. The summed E-state index contributed by atoms with van der Waals surface area (Å²) in [6.07, 6.45) is 6.18. The largest absolute Gasteiger partial charge is 0.461 e. The number of piperidine rings is 1. The molecule has 180 valence electrons. The maximum Gasteiger partial charge on any atom is 0.346 e. The molecule has 1 N–H and O–H groups in total. The van der Waals surface area contributed by atoms with E-state index in [1.807, 2.05) is 0 Å². The molecule has 11 heteroatoms. The molecule has 0 spiro atoms. The van der Waals surface area contributed by atoms with E-state index >= 15 is 0 Å². The number of carbonyl (C=O) groups is 1. The Morgan fingerprint density at radius 1 is 1.09 bits per heavy atom. The van der Waals surface area contributed by atoms with Gasteiger partial charge in [-0.05, 0) is 62.1 Å². The van der Waals surface area contributed by atoms with Gasteiger partial charge in [0.1, 0.15) is 0 Å². The predicted molar refractivity (Wildman–Crippen MR) is 124 cm³/mol. The van der Waals surface area contributed by atoms with Crippen LogP contribution in [0.15, 0.2) is 56.8 Å². The average Bonchev–Trinajstić information content (AvgIpc) is 3.43. The molecule has 1 aromatic carbocycles. The van der Waals surface area contributed by atoms with E-state index in [9.17, 15) is 18.0 Å². The van der Waals surface area contributed by atoms with E-state index in [0.717, 1.165) is 32.1 Å². The van der Waals surface area contributed by atoms with Gasteiger partial charge in [-0.25, -0.2) is 17.9 Å². The molecular weight excluding hydrogens is 458 g/mol. The molecule has 3 aromatic rings. The summed E-state index contributed by atoms with van der Waals surface area (Å²) in [5, 5.41) is 7.19. The fourth-order valence-corrected chi connectivity index (χ4v) is 5.73. The van der Waals surface area contributed by atoms with Crippen molar-refractivity contribution in [3.8, 4) is 11.6 Å². The molecule has 0 unspecified atom stereocenters. The third-order valence-electron chi connectivity index (χ3n) is 6.20. The van der Waals surface area contributed by atoms with Gasteiger partial charge < -0.3 is 9.73 Å². The van der Waals surface area contributed by atoms with Gasteiger partial charge in [-0.15, -0.1) is 5.10 Å². The first-order valence-corrected chi connectivity index (χ1v) is 13.0. The van der Waals surface area contributed by atoms with Gasteiger partial charge in [0, 0.05) is 31.2 Å². The van der Waals surface area contributed by atoms with Crippen LogP contribution in [0, 0.1) is 0 Å². The maximum absolute atomic E-state index is 12.8. The zero-order valence-corrected chi connectivity index (χ0v) is 19.5. The first kappa shape index (κ1) is 22.6. The van der Waals surface area contributed by atoms with Gasteiger partial charge in [0.05, 0.1) is 17.7 Å². The minimum atomic E-state index is -3.54. The molecule has 2 fully saturated rings. The zero-order chi connectivity index (χ0) is 23.7. The van der Waals surface area contributed by atoms with Gasteiger partial charge in [-0.2, -0.15) is 4.31 Å². The number of carbonyl (C=O) groups excluding carboxylic acids is 1. The molecule has 34 heavy (non-hydrogen) atoms. The van der Waals surface area contributed by atoms with Crippen molar-refractivity contribution >= 4 is 15.9 Å². The number of benzene rings is 1. The highest BCUT2D eigenvalue weighted by Crippen LogP contribution is 2.36. The molecule has 1 saturated carbocycles. The number of rotatable bonds is 8. The number of amides is 1. The second-order valence-corrected chi connectivity index (χ2v) is 10.6. The normalized spacial score (nSPS) is 17.1. The minimum absolute atomic E-state index is 0.135. The molecular formula is C23H27N5O5S. The summed E-state index contributed by atoms with van der Waals surface area (Å²) >= 11 is 0. The Hall–Kier alpha value is -3.18. The number of sulfonamides is 1. The average molecular weight is 486 g/mol. The minimum Gasteiger partial charge on any atom is -0.461 e. The van der Waals surface area contributed by atoms with Crippen molar-refractivity contribution in [3.63, 3.8) is 0 Å². The SMILES string of the molecule is O=C(NCCn1nc(-c2ccco2)n(C2CC2)c1=O)c1ccc(S(=O)(=O)N2CCCCC2)cc1. The zero-order valence-electron chi connectivity index (χ0n) is 18.7. The predicted octanol–water partition coefficient (Wildman–Crippen LogP) is 2.24. The van der Waals surface area contributed by atoms with Crippen molar-refractivity contribution in [1.82, 2.24) is 24.0 Å². The molecule has 0 bridgehead atoms. The smallest absolute Gasteiger partial charge is 0.346 e. The summed E-state index contributed by atoms with van der Waals surface area (Å²) in [5.41, 5.74) is 0.125. The Morgan fingerprint density at radius 3 is 2.47 bits per heavy atom. The number of hydrogen-bond donors (Lipinski definition) is 1. The Labute approximate surface area is 197 Å². The van der Waals surface area contributed by atoms with Crippen molar-refractivity contribution in [3.05, 3.63) is 58.7 Å². The molecule has 1 saturated heterocycles. The third kappa shape index (κ3) is 4.45. The highest BCUT2D eigenvalue weighted by Gasteiger charge is 2.31. The maximum atomic E-state index is 12.8. The summed E-state index contributed by atoms with van der Waals surface area (Å²) in [6.45, 7) is 1.47. The molecule has 1 aliphatic heterocycles. The standard InChI is InChI=1S/C23H27N5O5S/c29-22(17-6-10-19(11-7-17)34(31,32)26-13-2-1-3-14-26)24-12-15-27-23(30)28(18-8-9-18)21(25-27)20-5-4-16-33-20/h4-7,10-11,16,18H,1-3,8-9,12-15H2,(H,24,29). The van der Waals surface area contributed by atoms with Crippen LogP contribution >= 0.6 is 0 Å². The van der Waals surface area contributed by atoms with Crippen LogP contribution in [0.3, 0.4) is 0 Å². The summed E-state index contributed by atoms with van der Waals surface area (Å²) < 4.78 is 35.5. The first-order chi connectivity index (χ1) is 16.4. The van der Waals surface area contributed by atoms with Crippen molar-refractivity contribution < 1.29 is 17.6 Å². The Kier molecular flexibility index (Phi) is 6.13. The second-order valence-electron chi connectivity index (χ2n) is 8.65. The number of nitrogens with zero attached hydrogens (tertiary/aromatic N) is 4. The topological polar surface area (TPSA) is 119 Å². The highest BCUT2D eigenvalue weighted by molar-refractivity contribution is 7.89. The van der Waals surface area contributed by atoms with Crippen molar-refractivity contribution in [2.24, 2.45) is 0 Å². The van der Waals surface area contributed by atoms with Gasteiger partial charge >= 0.3 is 5.69 Å². The monoisotopic (exact) mass is 485 g/mol. The molecule has 1 aliphatic carbocycles. The molecule has 2 aliphatic rings. The van der Waals surface area contributed by atoms with Gasteiger partial charge in [0.25, 0.3) is 5.91 Å². The summed E-state index contributed by atoms with van der Waals surface area (Å²) in [4.78, 5) is 25.6. The fourth-order valence-electron chi connectivity index (χ4n) is 4.21. The van der Waals surface area contributed by atoms with E-state index in [0.29, 0.717) is 30.2 Å². The van der Waals surface area contributed by atoms with Crippen LogP contribution in [-0.4, -0.2) is 52.6 Å². The van der Waals surface area contributed by atoms with E-state index in [2.05, 4.69) is 10.4 Å². The molecule has 3 heterocycles. The second kappa shape index (κ2) is 9.22. The molecule has 5 rings (SSSR count). The van der Waals surface area contributed by atoms with Crippen LogP contribution in [-0.2, 0) is 16.6 Å². The lowest BCUT2D eigenvalue weighted by Crippen LogP contribution is -2.35. The lowest BCUT2D eigenvalue weighted by Gasteiger charge is -2.25. The van der Waals surface area contributed by atoms with Gasteiger partial charge in [-0.3, -0.25) is 9.36 Å².